The Hall–Kier alpha value is -1.75. The second kappa shape index (κ2) is 6.40. The predicted molar refractivity (Wildman–Crippen MR) is 91.8 cm³/mol. The van der Waals surface area contributed by atoms with E-state index in [9.17, 15) is 4.79 Å². The molecule has 3 rings (SSSR count). The highest BCUT2D eigenvalue weighted by atomic mass is 16.5. The van der Waals surface area contributed by atoms with Gasteiger partial charge < -0.3 is 20.7 Å². The molecule has 3 N–H and O–H groups in total. The third-order valence-electron chi connectivity index (χ3n) is 5.40. The molecule has 2 amide bonds. The summed E-state index contributed by atoms with van der Waals surface area (Å²) in [5.74, 6) is 1.48. The number of amides is 2. The molecule has 0 atom stereocenters. The van der Waals surface area contributed by atoms with Gasteiger partial charge in [-0.1, -0.05) is 19.9 Å². The molecule has 1 fully saturated rings. The van der Waals surface area contributed by atoms with Crippen molar-refractivity contribution in [1.29, 1.82) is 0 Å². The van der Waals surface area contributed by atoms with Crippen LogP contribution in [0.3, 0.4) is 0 Å². The molecular weight excluding hydrogens is 290 g/mol. The molecule has 2 heterocycles. The van der Waals surface area contributed by atoms with Crippen molar-refractivity contribution in [2.24, 2.45) is 17.1 Å². The maximum atomic E-state index is 12.5. The SMILES string of the molecule is CC(C)(CN)C1CCN(C(=O)Nc2cccc3c2CCO3)CC1. The van der Waals surface area contributed by atoms with Crippen LogP contribution in [0.15, 0.2) is 18.2 Å². The fourth-order valence-corrected chi connectivity index (χ4v) is 3.56. The maximum absolute atomic E-state index is 12.5. The highest BCUT2D eigenvalue weighted by Gasteiger charge is 2.32. The molecule has 0 unspecified atom stereocenters. The molecule has 1 aromatic carbocycles. The Labute approximate surface area is 138 Å². The van der Waals surface area contributed by atoms with E-state index in [0.29, 0.717) is 19.1 Å². The minimum absolute atomic E-state index is 0.00527. The van der Waals surface area contributed by atoms with Crippen LogP contribution in [0.4, 0.5) is 10.5 Å². The van der Waals surface area contributed by atoms with Crippen molar-refractivity contribution in [3.63, 3.8) is 0 Å². The minimum atomic E-state index is -0.00527. The molecule has 126 valence electrons. The van der Waals surface area contributed by atoms with Gasteiger partial charge in [-0.05, 0) is 42.9 Å². The number of hydrogen-bond acceptors (Lipinski definition) is 3. The van der Waals surface area contributed by atoms with Crippen LogP contribution in [-0.2, 0) is 6.42 Å². The van der Waals surface area contributed by atoms with Crippen LogP contribution in [0.5, 0.6) is 5.75 Å². The quantitative estimate of drug-likeness (QED) is 0.901. The molecule has 0 saturated carbocycles. The van der Waals surface area contributed by atoms with E-state index in [1.165, 1.54) is 0 Å². The zero-order chi connectivity index (χ0) is 16.4. The van der Waals surface area contributed by atoms with Gasteiger partial charge in [0, 0.05) is 30.8 Å². The summed E-state index contributed by atoms with van der Waals surface area (Å²) in [7, 11) is 0. The number of fused-ring (bicyclic) bond motifs is 1. The van der Waals surface area contributed by atoms with Crippen molar-refractivity contribution in [2.75, 3.05) is 31.6 Å². The standard InChI is InChI=1S/C18H27N3O2/c1-18(2,12-19)13-6-9-21(10-7-13)17(22)20-15-4-3-5-16-14(15)8-11-23-16/h3-5,13H,6-12,19H2,1-2H3,(H,20,22). The number of anilines is 1. The predicted octanol–water partition coefficient (Wildman–Crippen LogP) is 2.85. The van der Waals surface area contributed by atoms with E-state index in [0.717, 1.165) is 49.4 Å². The number of carbonyl (C=O) groups excluding carboxylic acids is 1. The summed E-state index contributed by atoms with van der Waals surface area (Å²) in [6, 6.07) is 5.83. The summed E-state index contributed by atoms with van der Waals surface area (Å²) in [6.07, 6.45) is 2.90. The van der Waals surface area contributed by atoms with Gasteiger partial charge in [0.1, 0.15) is 5.75 Å². The second-order valence-corrected chi connectivity index (χ2v) is 7.26. The largest absolute Gasteiger partial charge is 0.493 e. The number of benzene rings is 1. The molecule has 0 bridgehead atoms. The first-order valence-corrected chi connectivity index (χ1v) is 8.52. The Morgan fingerprint density at radius 3 is 2.83 bits per heavy atom. The first kappa shape index (κ1) is 16.1. The molecule has 23 heavy (non-hydrogen) atoms. The molecular formula is C18H27N3O2. The van der Waals surface area contributed by atoms with Crippen molar-refractivity contribution < 1.29 is 9.53 Å². The van der Waals surface area contributed by atoms with Gasteiger partial charge in [-0.15, -0.1) is 0 Å². The van der Waals surface area contributed by atoms with Crippen LogP contribution in [0.2, 0.25) is 0 Å². The topological polar surface area (TPSA) is 67.6 Å². The number of ether oxygens (including phenoxy) is 1. The van der Waals surface area contributed by atoms with Crippen molar-refractivity contribution >= 4 is 11.7 Å². The number of nitrogens with zero attached hydrogens (tertiary/aromatic N) is 1. The Balaban J connectivity index is 1.60. The highest BCUT2D eigenvalue weighted by Crippen LogP contribution is 2.35. The summed E-state index contributed by atoms with van der Waals surface area (Å²) in [5.41, 5.74) is 8.03. The van der Waals surface area contributed by atoms with Crippen molar-refractivity contribution in [3.05, 3.63) is 23.8 Å². The molecule has 0 aromatic heterocycles. The van der Waals surface area contributed by atoms with Gasteiger partial charge in [-0.3, -0.25) is 0 Å². The van der Waals surface area contributed by atoms with Crippen LogP contribution in [-0.4, -0.2) is 37.2 Å². The van der Waals surface area contributed by atoms with E-state index in [4.69, 9.17) is 10.5 Å². The normalized spacial score (nSPS) is 18.5. The number of carbonyl (C=O) groups is 1. The molecule has 1 saturated heterocycles. The van der Waals surface area contributed by atoms with E-state index >= 15 is 0 Å². The van der Waals surface area contributed by atoms with Crippen LogP contribution in [0.1, 0.15) is 32.3 Å². The number of likely N-dealkylation sites (tertiary alicyclic amines) is 1. The Morgan fingerprint density at radius 1 is 1.39 bits per heavy atom. The molecule has 0 radical (unpaired) electrons. The lowest BCUT2D eigenvalue weighted by Crippen LogP contribution is -2.45. The summed E-state index contributed by atoms with van der Waals surface area (Å²) in [4.78, 5) is 14.5. The van der Waals surface area contributed by atoms with Crippen LogP contribution < -0.4 is 15.8 Å². The van der Waals surface area contributed by atoms with Crippen molar-refractivity contribution in [1.82, 2.24) is 4.90 Å². The highest BCUT2D eigenvalue weighted by molar-refractivity contribution is 5.90. The molecule has 2 aliphatic heterocycles. The van der Waals surface area contributed by atoms with Gasteiger partial charge in [-0.25, -0.2) is 4.79 Å². The van der Waals surface area contributed by atoms with E-state index in [-0.39, 0.29) is 11.4 Å². The van der Waals surface area contributed by atoms with Crippen molar-refractivity contribution in [2.45, 2.75) is 33.1 Å². The second-order valence-electron chi connectivity index (χ2n) is 7.26. The third kappa shape index (κ3) is 3.29. The zero-order valence-corrected chi connectivity index (χ0v) is 14.1. The van der Waals surface area contributed by atoms with Crippen LogP contribution in [0.25, 0.3) is 0 Å². The zero-order valence-electron chi connectivity index (χ0n) is 14.1. The smallest absolute Gasteiger partial charge is 0.321 e. The fraction of sp³-hybridized carbons (Fsp3) is 0.611. The van der Waals surface area contributed by atoms with Crippen LogP contribution >= 0.6 is 0 Å². The van der Waals surface area contributed by atoms with E-state index in [1.54, 1.807) is 0 Å². The fourth-order valence-electron chi connectivity index (χ4n) is 3.56. The monoisotopic (exact) mass is 317 g/mol. The first-order chi connectivity index (χ1) is 11.0. The van der Waals surface area contributed by atoms with Gasteiger partial charge in [-0.2, -0.15) is 0 Å². The van der Waals surface area contributed by atoms with Gasteiger partial charge >= 0.3 is 6.03 Å². The summed E-state index contributed by atoms with van der Waals surface area (Å²) >= 11 is 0. The first-order valence-electron chi connectivity index (χ1n) is 8.52. The molecule has 2 aliphatic rings. The summed E-state index contributed by atoms with van der Waals surface area (Å²) < 4.78 is 5.55. The number of hydrogen-bond donors (Lipinski definition) is 2. The molecule has 0 spiro atoms. The molecule has 5 nitrogen and oxygen atoms in total. The molecule has 1 aromatic rings. The van der Waals surface area contributed by atoms with E-state index in [1.807, 2.05) is 23.1 Å². The Kier molecular flexibility index (Phi) is 4.48. The van der Waals surface area contributed by atoms with Crippen molar-refractivity contribution in [3.8, 4) is 5.75 Å². The van der Waals surface area contributed by atoms with Gasteiger partial charge in [0.25, 0.3) is 0 Å². The number of rotatable bonds is 3. The number of nitrogens with two attached hydrogens (primary N) is 1. The van der Waals surface area contributed by atoms with Gasteiger partial charge in [0.15, 0.2) is 0 Å². The Morgan fingerprint density at radius 2 is 2.13 bits per heavy atom. The minimum Gasteiger partial charge on any atom is -0.493 e. The molecule has 0 aliphatic carbocycles. The number of nitrogens with one attached hydrogen (secondary N) is 1. The Bertz CT molecular complexity index is 578. The number of urea groups is 1. The maximum Gasteiger partial charge on any atom is 0.321 e. The van der Waals surface area contributed by atoms with Gasteiger partial charge in [0.05, 0.1) is 6.61 Å². The lowest BCUT2D eigenvalue weighted by Gasteiger charge is -2.40. The average molecular weight is 317 g/mol. The third-order valence-corrected chi connectivity index (χ3v) is 5.40. The van der Waals surface area contributed by atoms with E-state index in [2.05, 4.69) is 19.2 Å². The lowest BCUT2D eigenvalue weighted by molar-refractivity contribution is 0.121. The van der Waals surface area contributed by atoms with Crippen LogP contribution in [0, 0.1) is 11.3 Å². The number of piperidine rings is 1. The lowest BCUT2D eigenvalue weighted by atomic mass is 9.74. The summed E-state index contributed by atoms with van der Waals surface area (Å²) in [6.45, 7) is 7.43. The molecule has 5 heteroatoms. The van der Waals surface area contributed by atoms with E-state index < -0.39 is 0 Å². The summed E-state index contributed by atoms with van der Waals surface area (Å²) in [5, 5.41) is 3.06. The average Bonchev–Trinajstić information content (AvgIpc) is 3.04. The van der Waals surface area contributed by atoms with Gasteiger partial charge in [0.2, 0.25) is 0 Å².